The highest BCUT2D eigenvalue weighted by Gasteiger charge is 2.58. The Hall–Kier alpha value is -2.57. The minimum Gasteiger partial charge on any atom is -0.369 e. The fourth-order valence-corrected chi connectivity index (χ4v) is 3.08. The first-order valence-electron chi connectivity index (χ1n) is 6.98. The van der Waals surface area contributed by atoms with E-state index in [1.807, 2.05) is 37.1 Å². The van der Waals surface area contributed by atoms with Crippen LogP contribution in [0.2, 0.25) is 0 Å². The molecule has 0 aromatic heterocycles. The zero-order chi connectivity index (χ0) is 16.2. The lowest BCUT2D eigenvalue weighted by Gasteiger charge is -2.47. The van der Waals surface area contributed by atoms with Crippen molar-refractivity contribution in [3.8, 4) is 0 Å². The van der Waals surface area contributed by atoms with Gasteiger partial charge in [-0.1, -0.05) is 6.07 Å². The Labute approximate surface area is 128 Å². The van der Waals surface area contributed by atoms with Crippen molar-refractivity contribution in [3.05, 3.63) is 23.8 Å². The van der Waals surface area contributed by atoms with Crippen LogP contribution in [-0.2, 0) is 9.59 Å². The van der Waals surface area contributed by atoms with Gasteiger partial charge >= 0.3 is 6.03 Å². The zero-order valence-corrected chi connectivity index (χ0v) is 13.0. The number of hydrogen-bond donors (Lipinski definition) is 1. The molecule has 1 fully saturated rings. The highest BCUT2D eigenvalue weighted by Crippen LogP contribution is 2.37. The Morgan fingerprint density at radius 2 is 1.64 bits per heavy atom. The van der Waals surface area contributed by atoms with Gasteiger partial charge in [-0.25, -0.2) is 4.79 Å². The predicted molar refractivity (Wildman–Crippen MR) is 81.7 cm³/mol. The Morgan fingerprint density at radius 3 is 2.23 bits per heavy atom. The summed E-state index contributed by atoms with van der Waals surface area (Å²) in [5, 5.41) is 3.07. The topological polar surface area (TPSA) is 73.0 Å². The Kier molecular flexibility index (Phi) is 2.91. The summed E-state index contributed by atoms with van der Waals surface area (Å²) in [6.07, 6.45) is 0. The van der Waals surface area contributed by atoms with Crippen molar-refractivity contribution < 1.29 is 14.4 Å². The van der Waals surface area contributed by atoms with E-state index in [1.54, 1.807) is 0 Å². The minimum absolute atomic E-state index is 0.170. The summed E-state index contributed by atoms with van der Waals surface area (Å²) in [5.74, 6) is -1.06. The number of hydrogen-bond acceptors (Lipinski definition) is 5. The molecule has 1 spiro atoms. The van der Waals surface area contributed by atoms with Crippen LogP contribution in [0.1, 0.15) is 5.56 Å². The van der Waals surface area contributed by atoms with Crippen LogP contribution in [0.15, 0.2) is 18.2 Å². The number of urea groups is 1. The van der Waals surface area contributed by atoms with Gasteiger partial charge in [0.2, 0.25) is 5.54 Å². The molecule has 7 nitrogen and oxygen atoms in total. The summed E-state index contributed by atoms with van der Waals surface area (Å²) in [6, 6.07) is 5.14. The molecule has 0 saturated carbocycles. The Balaban J connectivity index is 2.11. The van der Waals surface area contributed by atoms with E-state index in [2.05, 4.69) is 5.32 Å². The molecule has 22 heavy (non-hydrogen) atoms. The second kappa shape index (κ2) is 4.46. The fraction of sp³-hybridized carbons (Fsp3) is 0.400. The number of aryl methyl sites for hydroxylation is 1. The maximum atomic E-state index is 12.7. The molecule has 116 valence electrons. The third-order valence-corrected chi connectivity index (χ3v) is 4.30. The number of carbonyl (C=O) groups excluding carboxylic acids is 3. The van der Waals surface area contributed by atoms with E-state index in [0.29, 0.717) is 5.69 Å². The number of imide groups is 2. The molecule has 0 radical (unpaired) electrons. The standard InChI is InChI=1S/C15H18N4O3/c1-9-5-6-10-11(7-9)17(2)8-15(16-10)12(20)18(3)14(22)19(4)13(15)21/h5-7,16H,8H2,1-4H3. The van der Waals surface area contributed by atoms with E-state index in [1.165, 1.54) is 14.1 Å². The number of likely N-dealkylation sites (N-methyl/N-ethyl adjacent to an activating group) is 3. The number of nitrogens with one attached hydrogen (secondary N) is 1. The predicted octanol–water partition coefficient (Wildman–Crippen LogP) is 0.646. The number of fused-ring (bicyclic) bond motifs is 1. The lowest BCUT2D eigenvalue weighted by atomic mass is 9.89. The molecule has 0 bridgehead atoms. The maximum Gasteiger partial charge on any atom is 0.333 e. The van der Waals surface area contributed by atoms with Crippen molar-refractivity contribution in [2.24, 2.45) is 0 Å². The summed E-state index contributed by atoms with van der Waals surface area (Å²) in [5.41, 5.74) is 1.26. The molecule has 7 heteroatoms. The number of nitrogens with zero attached hydrogens (tertiary/aromatic N) is 3. The summed E-state index contributed by atoms with van der Waals surface area (Å²) >= 11 is 0. The Morgan fingerprint density at radius 1 is 1.05 bits per heavy atom. The first-order valence-corrected chi connectivity index (χ1v) is 6.98. The summed E-state index contributed by atoms with van der Waals surface area (Å²) < 4.78 is 0. The highest BCUT2D eigenvalue weighted by molar-refractivity contribution is 6.24. The largest absolute Gasteiger partial charge is 0.369 e. The van der Waals surface area contributed by atoms with E-state index in [0.717, 1.165) is 21.1 Å². The first kappa shape index (κ1) is 14.4. The van der Waals surface area contributed by atoms with Gasteiger partial charge in [0.25, 0.3) is 11.8 Å². The molecule has 0 atom stereocenters. The molecule has 1 aromatic carbocycles. The number of carbonyl (C=O) groups is 3. The van der Waals surface area contributed by atoms with Gasteiger partial charge in [0.1, 0.15) is 0 Å². The van der Waals surface area contributed by atoms with Crippen LogP contribution in [0.4, 0.5) is 16.2 Å². The van der Waals surface area contributed by atoms with Crippen molar-refractivity contribution in [2.45, 2.75) is 12.5 Å². The second-order valence-electron chi connectivity index (χ2n) is 5.92. The summed E-state index contributed by atoms with van der Waals surface area (Å²) in [6.45, 7) is 2.15. The molecular weight excluding hydrogens is 284 g/mol. The smallest absolute Gasteiger partial charge is 0.333 e. The van der Waals surface area contributed by atoms with Crippen LogP contribution in [0.3, 0.4) is 0 Å². The minimum atomic E-state index is -1.46. The van der Waals surface area contributed by atoms with Gasteiger partial charge in [-0.05, 0) is 24.6 Å². The fourth-order valence-electron chi connectivity index (χ4n) is 3.08. The molecule has 0 aliphatic carbocycles. The monoisotopic (exact) mass is 302 g/mol. The molecule has 1 N–H and O–H groups in total. The third-order valence-electron chi connectivity index (χ3n) is 4.30. The van der Waals surface area contributed by atoms with Gasteiger partial charge in [0.05, 0.1) is 17.9 Å². The quantitative estimate of drug-likeness (QED) is 0.712. The number of benzene rings is 1. The zero-order valence-electron chi connectivity index (χ0n) is 13.0. The Bertz CT molecular complexity index is 676. The van der Waals surface area contributed by atoms with Crippen molar-refractivity contribution in [1.82, 2.24) is 9.80 Å². The average molecular weight is 302 g/mol. The van der Waals surface area contributed by atoms with Gasteiger partial charge in [0.15, 0.2) is 0 Å². The summed E-state index contributed by atoms with van der Waals surface area (Å²) in [4.78, 5) is 41.1. The van der Waals surface area contributed by atoms with Crippen LogP contribution in [0, 0.1) is 6.92 Å². The van der Waals surface area contributed by atoms with E-state index in [4.69, 9.17) is 0 Å². The molecule has 2 aliphatic rings. The van der Waals surface area contributed by atoms with Gasteiger partial charge < -0.3 is 10.2 Å². The van der Waals surface area contributed by atoms with Crippen LogP contribution in [-0.4, -0.2) is 60.9 Å². The van der Waals surface area contributed by atoms with E-state index < -0.39 is 23.4 Å². The van der Waals surface area contributed by atoms with Crippen LogP contribution in [0.25, 0.3) is 0 Å². The maximum absolute atomic E-state index is 12.7. The molecule has 2 heterocycles. The lowest BCUT2D eigenvalue weighted by Crippen LogP contribution is -2.74. The van der Waals surface area contributed by atoms with E-state index in [9.17, 15) is 14.4 Å². The third kappa shape index (κ3) is 1.71. The number of anilines is 2. The van der Waals surface area contributed by atoms with Crippen LogP contribution in [0.5, 0.6) is 0 Å². The molecule has 3 rings (SSSR count). The van der Waals surface area contributed by atoms with Crippen molar-refractivity contribution in [2.75, 3.05) is 37.9 Å². The SMILES string of the molecule is Cc1ccc2c(c1)N(C)CC1(N2)C(=O)N(C)C(=O)N(C)C1=O. The first-order chi connectivity index (χ1) is 10.3. The molecule has 1 aromatic rings. The second-order valence-corrected chi connectivity index (χ2v) is 5.92. The normalized spacial score (nSPS) is 20.4. The lowest BCUT2D eigenvalue weighted by molar-refractivity contribution is -0.148. The highest BCUT2D eigenvalue weighted by atomic mass is 16.2. The van der Waals surface area contributed by atoms with Crippen LogP contribution < -0.4 is 10.2 Å². The van der Waals surface area contributed by atoms with E-state index in [-0.39, 0.29) is 6.54 Å². The van der Waals surface area contributed by atoms with Crippen molar-refractivity contribution >= 4 is 29.2 Å². The number of amides is 4. The number of rotatable bonds is 0. The molecule has 1 saturated heterocycles. The number of barbiturate groups is 1. The van der Waals surface area contributed by atoms with Gasteiger partial charge in [-0.15, -0.1) is 0 Å². The summed E-state index contributed by atoms with van der Waals surface area (Å²) in [7, 11) is 4.61. The van der Waals surface area contributed by atoms with Crippen molar-refractivity contribution in [1.29, 1.82) is 0 Å². The van der Waals surface area contributed by atoms with Gasteiger partial charge in [-0.2, -0.15) is 0 Å². The molecule has 2 aliphatic heterocycles. The molecule has 4 amide bonds. The van der Waals surface area contributed by atoms with Gasteiger partial charge in [-0.3, -0.25) is 19.4 Å². The van der Waals surface area contributed by atoms with Crippen LogP contribution >= 0.6 is 0 Å². The average Bonchev–Trinajstić information content (AvgIpc) is 2.50. The van der Waals surface area contributed by atoms with E-state index >= 15 is 0 Å². The molecular formula is C15H18N4O3. The molecule has 0 unspecified atom stereocenters. The van der Waals surface area contributed by atoms with Gasteiger partial charge in [0, 0.05) is 21.1 Å². The van der Waals surface area contributed by atoms with Crippen molar-refractivity contribution in [3.63, 3.8) is 0 Å².